The Hall–Kier alpha value is -3.42. The number of aryl methyl sites for hydroxylation is 1. The molecule has 1 spiro atoms. The molecule has 2 saturated heterocycles. The van der Waals surface area contributed by atoms with Crippen LogP contribution in [-0.2, 0) is 14.3 Å². The van der Waals surface area contributed by atoms with E-state index in [1.807, 2.05) is 31.2 Å². The van der Waals surface area contributed by atoms with Gasteiger partial charge in [-0.05, 0) is 42.3 Å². The Morgan fingerprint density at radius 1 is 0.794 bits per heavy atom. The normalized spacial score (nSPS) is 24.8. The fourth-order valence-corrected chi connectivity index (χ4v) is 5.81. The SMILES string of the molecule is Cc1ccccc1C1OC2(C(=O)c3ccccc3C2=O)C2C(=O)N(c3ccc(Br)cc3)C(=O)C12. The Bertz CT molecular complexity index is 1380. The number of imide groups is 1. The highest BCUT2D eigenvalue weighted by molar-refractivity contribution is 9.10. The van der Waals surface area contributed by atoms with E-state index in [0.29, 0.717) is 11.3 Å². The predicted octanol–water partition coefficient (Wildman–Crippen LogP) is 4.45. The third kappa shape index (κ3) is 2.59. The van der Waals surface area contributed by atoms with Crippen LogP contribution in [0.2, 0.25) is 0 Å². The maximum Gasteiger partial charge on any atom is 0.241 e. The number of benzene rings is 3. The van der Waals surface area contributed by atoms with Crippen LogP contribution in [0.4, 0.5) is 5.69 Å². The van der Waals surface area contributed by atoms with Gasteiger partial charge in [0.1, 0.15) is 0 Å². The summed E-state index contributed by atoms with van der Waals surface area (Å²) in [6, 6.07) is 20.6. The number of nitrogens with zero attached hydrogens (tertiary/aromatic N) is 1. The quantitative estimate of drug-likeness (QED) is 0.372. The first-order chi connectivity index (χ1) is 16.4. The van der Waals surface area contributed by atoms with Crippen LogP contribution in [0.3, 0.4) is 0 Å². The first-order valence-corrected chi connectivity index (χ1v) is 11.7. The number of ketones is 2. The summed E-state index contributed by atoms with van der Waals surface area (Å²) in [7, 11) is 0. The number of amides is 2. The summed E-state index contributed by atoms with van der Waals surface area (Å²) in [6.45, 7) is 1.87. The second kappa shape index (κ2) is 7.29. The van der Waals surface area contributed by atoms with Crippen molar-refractivity contribution in [1.29, 1.82) is 0 Å². The van der Waals surface area contributed by atoms with Crippen molar-refractivity contribution >= 4 is 45.0 Å². The Labute approximate surface area is 203 Å². The van der Waals surface area contributed by atoms with Crippen LogP contribution in [0.25, 0.3) is 0 Å². The predicted molar refractivity (Wildman–Crippen MR) is 126 cm³/mol. The van der Waals surface area contributed by atoms with Crippen LogP contribution in [0.1, 0.15) is 37.9 Å². The lowest BCUT2D eigenvalue weighted by Crippen LogP contribution is -2.51. The maximum absolute atomic E-state index is 13.9. The number of fused-ring (bicyclic) bond motifs is 3. The zero-order chi connectivity index (χ0) is 23.8. The molecule has 6 nitrogen and oxygen atoms in total. The molecule has 2 heterocycles. The molecule has 0 N–H and O–H groups in total. The fourth-order valence-electron chi connectivity index (χ4n) is 5.55. The van der Waals surface area contributed by atoms with Gasteiger partial charge in [-0.25, -0.2) is 4.90 Å². The third-order valence-electron chi connectivity index (χ3n) is 7.10. The molecule has 0 bridgehead atoms. The van der Waals surface area contributed by atoms with Crippen molar-refractivity contribution in [3.8, 4) is 0 Å². The van der Waals surface area contributed by atoms with Crippen molar-refractivity contribution in [2.24, 2.45) is 11.8 Å². The van der Waals surface area contributed by atoms with E-state index in [0.717, 1.165) is 14.9 Å². The van der Waals surface area contributed by atoms with Crippen molar-refractivity contribution in [3.05, 3.63) is 99.5 Å². The molecular weight excluding hydrogens is 498 g/mol. The van der Waals surface area contributed by atoms with E-state index in [4.69, 9.17) is 4.74 Å². The van der Waals surface area contributed by atoms with Gasteiger partial charge >= 0.3 is 0 Å². The van der Waals surface area contributed by atoms with E-state index in [2.05, 4.69) is 15.9 Å². The first-order valence-electron chi connectivity index (χ1n) is 10.9. The lowest BCUT2D eigenvalue weighted by atomic mass is 9.77. The van der Waals surface area contributed by atoms with Gasteiger partial charge in [0.15, 0.2) is 0 Å². The molecule has 3 aromatic rings. The maximum atomic E-state index is 13.9. The van der Waals surface area contributed by atoms with Crippen LogP contribution in [0.15, 0.2) is 77.3 Å². The van der Waals surface area contributed by atoms with E-state index in [1.54, 1.807) is 48.5 Å². The number of hydrogen-bond donors (Lipinski definition) is 0. The Morgan fingerprint density at radius 2 is 1.38 bits per heavy atom. The molecule has 34 heavy (non-hydrogen) atoms. The second-order valence-corrected chi connectivity index (χ2v) is 9.74. The molecule has 7 heteroatoms. The van der Waals surface area contributed by atoms with E-state index < -0.39 is 46.9 Å². The molecule has 3 aromatic carbocycles. The summed E-state index contributed by atoms with van der Waals surface area (Å²) >= 11 is 3.36. The number of anilines is 1. The van der Waals surface area contributed by atoms with E-state index in [-0.39, 0.29) is 11.1 Å². The van der Waals surface area contributed by atoms with E-state index in [9.17, 15) is 19.2 Å². The van der Waals surface area contributed by atoms with Gasteiger partial charge in [-0.2, -0.15) is 0 Å². The zero-order valence-electron chi connectivity index (χ0n) is 18.0. The number of carbonyl (C=O) groups excluding carboxylic acids is 4. The molecule has 0 aromatic heterocycles. The number of carbonyl (C=O) groups is 4. The van der Waals surface area contributed by atoms with Crippen LogP contribution in [0.5, 0.6) is 0 Å². The lowest BCUT2D eigenvalue weighted by molar-refractivity contribution is -0.127. The highest BCUT2D eigenvalue weighted by Crippen LogP contribution is 2.58. The van der Waals surface area contributed by atoms with Gasteiger partial charge in [-0.3, -0.25) is 19.2 Å². The van der Waals surface area contributed by atoms with Crippen molar-refractivity contribution in [3.63, 3.8) is 0 Å². The largest absolute Gasteiger partial charge is 0.349 e. The molecule has 3 aliphatic rings. The summed E-state index contributed by atoms with van der Waals surface area (Å²) in [5.41, 5.74) is 0.309. The minimum absolute atomic E-state index is 0.221. The third-order valence-corrected chi connectivity index (χ3v) is 7.63. The van der Waals surface area contributed by atoms with Crippen LogP contribution >= 0.6 is 15.9 Å². The van der Waals surface area contributed by atoms with Gasteiger partial charge in [0.2, 0.25) is 29.0 Å². The van der Waals surface area contributed by atoms with Gasteiger partial charge in [-0.15, -0.1) is 0 Å². The molecule has 0 saturated carbocycles. The topological polar surface area (TPSA) is 80.8 Å². The molecule has 2 aliphatic heterocycles. The van der Waals surface area contributed by atoms with E-state index in [1.165, 1.54) is 0 Å². The standard InChI is InChI=1S/C27H18BrNO5/c1-14-6-2-3-7-17(14)22-20-21(26(33)29(25(20)32)16-12-10-15(28)11-13-16)27(34-22)23(30)18-8-4-5-9-19(18)24(27)31/h2-13,20-22H,1H3. The molecule has 1 aliphatic carbocycles. The van der Waals surface area contributed by atoms with Crippen molar-refractivity contribution < 1.29 is 23.9 Å². The Morgan fingerprint density at radius 3 is 2.00 bits per heavy atom. The molecule has 2 amide bonds. The molecule has 0 radical (unpaired) electrons. The van der Waals surface area contributed by atoms with Gasteiger partial charge < -0.3 is 4.74 Å². The molecule has 3 atom stereocenters. The van der Waals surface area contributed by atoms with E-state index >= 15 is 0 Å². The highest BCUT2D eigenvalue weighted by atomic mass is 79.9. The number of rotatable bonds is 2. The summed E-state index contributed by atoms with van der Waals surface area (Å²) in [5.74, 6) is -4.43. The second-order valence-electron chi connectivity index (χ2n) is 8.83. The number of Topliss-reactive ketones (excluding diaryl/α,β-unsaturated/α-hetero) is 2. The fraction of sp³-hybridized carbons (Fsp3) is 0.185. The lowest BCUT2D eigenvalue weighted by Gasteiger charge is -2.27. The van der Waals surface area contributed by atoms with Crippen molar-refractivity contribution in [1.82, 2.24) is 0 Å². The summed E-state index contributed by atoms with van der Waals surface area (Å²) in [6.07, 6.45) is -0.912. The number of hydrogen-bond acceptors (Lipinski definition) is 5. The zero-order valence-corrected chi connectivity index (χ0v) is 19.6. The summed E-state index contributed by atoms with van der Waals surface area (Å²) in [4.78, 5) is 56.2. The molecule has 2 fully saturated rings. The van der Waals surface area contributed by atoms with Gasteiger partial charge in [0.05, 0.1) is 23.6 Å². The number of ether oxygens (including phenoxy) is 1. The molecular formula is C27H18BrNO5. The average Bonchev–Trinajstić information content (AvgIpc) is 3.40. The van der Waals surface area contributed by atoms with Crippen LogP contribution in [-0.4, -0.2) is 29.0 Å². The summed E-state index contributed by atoms with van der Waals surface area (Å²) < 4.78 is 7.12. The Kier molecular flexibility index (Phi) is 4.53. The average molecular weight is 516 g/mol. The Balaban J connectivity index is 1.56. The summed E-state index contributed by atoms with van der Waals surface area (Å²) in [5, 5.41) is 0. The van der Waals surface area contributed by atoms with Crippen molar-refractivity contribution in [2.75, 3.05) is 4.90 Å². The molecule has 168 valence electrons. The molecule has 3 unspecified atom stereocenters. The van der Waals surface area contributed by atoms with Crippen LogP contribution in [0, 0.1) is 18.8 Å². The monoisotopic (exact) mass is 515 g/mol. The first kappa shape index (κ1) is 21.1. The van der Waals surface area contributed by atoms with Crippen molar-refractivity contribution in [2.45, 2.75) is 18.6 Å². The minimum Gasteiger partial charge on any atom is -0.349 e. The molecule has 6 rings (SSSR count). The number of halogens is 1. The minimum atomic E-state index is -2.06. The van der Waals surface area contributed by atoms with Gasteiger partial charge in [0, 0.05) is 15.6 Å². The highest BCUT2D eigenvalue weighted by Gasteiger charge is 2.74. The van der Waals surface area contributed by atoms with Gasteiger partial charge in [0.25, 0.3) is 0 Å². The van der Waals surface area contributed by atoms with Crippen LogP contribution < -0.4 is 4.90 Å². The van der Waals surface area contributed by atoms with Gasteiger partial charge in [-0.1, -0.05) is 64.5 Å². The smallest absolute Gasteiger partial charge is 0.241 e.